The summed E-state index contributed by atoms with van der Waals surface area (Å²) in [6, 6.07) is 10.3. The largest absolute Gasteiger partial charge is 0.454 e. The summed E-state index contributed by atoms with van der Waals surface area (Å²) in [5.74, 6) is 1.70. The van der Waals surface area contributed by atoms with Crippen molar-refractivity contribution in [3.8, 4) is 11.5 Å². The quantitative estimate of drug-likeness (QED) is 0.845. The zero-order chi connectivity index (χ0) is 12.7. The number of benzene rings is 1. The van der Waals surface area contributed by atoms with Crippen LogP contribution < -0.4 is 14.8 Å². The summed E-state index contributed by atoms with van der Waals surface area (Å²) in [5.41, 5.74) is 3.61. The summed E-state index contributed by atoms with van der Waals surface area (Å²) in [6.45, 7) is 1.27. The van der Waals surface area contributed by atoms with E-state index in [1.807, 2.05) is 18.3 Å². The second kappa shape index (κ2) is 4.24. The lowest BCUT2D eigenvalue weighted by atomic mass is 9.91. The molecule has 4 nitrogen and oxygen atoms in total. The highest BCUT2D eigenvalue weighted by atomic mass is 16.7. The summed E-state index contributed by atoms with van der Waals surface area (Å²) < 4.78 is 10.9. The first-order valence-electron chi connectivity index (χ1n) is 6.48. The van der Waals surface area contributed by atoms with Gasteiger partial charge >= 0.3 is 0 Å². The summed E-state index contributed by atoms with van der Waals surface area (Å²) in [7, 11) is 0. The second-order valence-corrected chi connectivity index (χ2v) is 4.80. The van der Waals surface area contributed by atoms with Crippen molar-refractivity contribution in [3.63, 3.8) is 0 Å². The van der Waals surface area contributed by atoms with E-state index in [4.69, 9.17) is 9.47 Å². The van der Waals surface area contributed by atoms with Crippen molar-refractivity contribution in [1.29, 1.82) is 0 Å². The Morgan fingerprint density at radius 3 is 2.89 bits per heavy atom. The molecule has 0 saturated heterocycles. The molecule has 4 rings (SSSR count). The smallest absolute Gasteiger partial charge is 0.231 e. The average molecular weight is 254 g/mol. The van der Waals surface area contributed by atoms with Gasteiger partial charge in [0.25, 0.3) is 0 Å². The summed E-state index contributed by atoms with van der Waals surface area (Å²) in [6.07, 6.45) is 2.84. The van der Waals surface area contributed by atoms with Crippen molar-refractivity contribution >= 4 is 0 Å². The molecule has 0 spiro atoms. The molecular formula is C15H14N2O2. The predicted molar refractivity (Wildman–Crippen MR) is 70.4 cm³/mol. The molecule has 0 amide bonds. The average Bonchev–Trinajstić information content (AvgIpc) is 2.92. The van der Waals surface area contributed by atoms with Gasteiger partial charge in [-0.3, -0.25) is 4.98 Å². The Bertz CT molecular complexity index is 613. The van der Waals surface area contributed by atoms with Gasteiger partial charge < -0.3 is 14.8 Å². The van der Waals surface area contributed by atoms with Gasteiger partial charge in [-0.15, -0.1) is 0 Å². The van der Waals surface area contributed by atoms with E-state index >= 15 is 0 Å². The van der Waals surface area contributed by atoms with Crippen LogP contribution in [0.3, 0.4) is 0 Å². The fraction of sp³-hybridized carbons (Fsp3) is 0.267. The van der Waals surface area contributed by atoms with E-state index in [0.717, 1.165) is 30.2 Å². The monoisotopic (exact) mass is 254 g/mol. The number of pyridine rings is 1. The van der Waals surface area contributed by atoms with Crippen LogP contribution in [0.15, 0.2) is 36.5 Å². The maximum Gasteiger partial charge on any atom is 0.231 e. The van der Waals surface area contributed by atoms with Crippen LogP contribution in [0, 0.1) is 0 Å². The van der Waals surface area contributed by atoms with E-state index < -0.39 is 0 Å². The molecule has 0 saturated carbocycles. The van der Waals surface area contributed by atoms with Crippen molar-refractivity contribution in [1.82, 2.24) is 10.3 Å². The highest BCUT2D eigenvalue weighted by molar-refractivity contribution is 5.52. The van der Waals surface area contributed by atoms with Crippen LogP contribution in [-0.2, 0) is 6.42 Å². The van der Waals surface area contributed by atoms with Crippen LogP contribution in [0.5, 0.6) is 11.5 Å². The number of hydrogen-bond donors (Lipinski definition) is 1. The van der Waals surface area contributed by atoms with E-state index in [0.29, 0.717) is 6.79 Å². The normalized spacial score (nSPS) is 20.1. The van der Waals surface area contributed by atoms with E-state index in [9.17, 15) is 0 Å². The van der Waals surface area contributed by atoms with Gasteiger partial charge in [-0.1, -0.05) is 6.07 Å². The fourth-order valence-electron chi connectivity index (χ4n) is 2.76. The molecule has 1 atom stereocenters. The highest BCUT2D eigenvalue weighted by Crippen LogP contribution is 2.39. The van der Waals surface area contributed by atoms with Gasteiger partial charge in [0.1, 0.15) is 0 Å². The molecule has 2 aliphatic rings. The number of aromatic nitrogens is 1. The third-order valence-electron chi connectivity index (χ3n) is 3.67. The molecule has 0 radical (unpaired) electrons. The molecule has 96 valence electrons. The second-order valence-electron chi connectivity index (χ2n) is 4.80. The molecule has 1 N–H and O–H groups in total. The first kappa shape index (κ1) is 10.8. The van der Waals surface area contributed by atoms with Gasteiger partial charge in [-0.25, -0.2) is 0 Å². The minimum absolute atomic E-state index is 0.138. The highest BCUT2D eigenvalue weighted by Gasteiger charge is 2.26. The Balaban J connectivity index is 1.82. The van der Waals surface area contributed by atoms with Crippen LogP contribution in [-0.4, -0.2) is 18.3 Å². The maximum atomic E-state index is 5.48. The minimum Gasteiger partial charge on any atom is -0.454 e. The number of rotatable bonds is 1. The molecule has 0 fully saturated rings. The molecule has 0 bridgehead atoms. The lowest BCUT2D eigenvalue weighted by Gasteiger charge is -2.26. The van der Waals surface area contributed by atoms with Gasteiger partial charge in [0.2, 0.25) is 6.79 Å². The lowest BCUT2D eigenvalue weighted by molar-refractivity contribution is 0.174. The Morgan fingerprint density at radius 2 is 2.05 bits per heavy atom. The molecule has 4 heteroatoms. The van der Waals surface area contributed by atoms with Crippen molar-refractivity contribution in [2.45, 2.75) is 12.5 Å². The molecule has 1 unspecified atom stereocenters. The Hall–Kier alpha value is -2.07. The van der Waals surface area contributed by atoms with Crippen LogP contribution in [0.4, 0.5) is 0 Å². The predicted octanol–water partition coefficient (Wildman–Crippen LogP) is 2.05. The standard InChI is InChI=1S/C15H14N2O2/c1-2-5-16-12(3-1)15-11-8-14-13(18-9-19-14)7-10(11)4-6-17-15/h1-3,5,7-8,15,17H,4,6,9H2. The SMILES string of the molecule is c1ccc(C2NCCc3cc4c(cc32)OCO4)nc1. The number of ether oxygens (including phenoxy) is 2. The molecule has 3 heterocycles. The van der Waals surface area contributed by atoms with E-state index in [2.05, 4.69) is 28.5 Å². The van der Waals surface area contributed by atoms with Gasteiger partial charge in [0.05, 0.1) is 11.7 Å². The number of hydrogen-bond acceptors (Lipinski definition) is 4. The molecule has 2 aliphatic heterocycles. The zero-order valence-corrected chi connectivity index (χ0v) is 10.4. The van der Waals surface area contributed by atoms with Crippen molar-refractivity contribution in [2.24, 2.45) is 0 Å². The van der Waals surface area contributed by atoms with Crippen LogP contribution >= 0.6 is 0 Å². The lowest BCUT2D eigenvalue weighted by Crippen LogP contribution is -2.31. The van der Waals surface area contributed by atoms with Gasteiger partial charge in [0, 0.05) is 12.7 Å². The van der Waals surface area contributed by atoms with Gasteiger partial charge in [-0.2, -0.15) is 0 Å². The Kier molecular flexibility index (Phi) is 2.42. The minimum atomic E-state index is 0.138. The molecule has 2 aromatic rings. The molecule has 0 aliphatic carbocycles. The Labute approximate surface area is 111 Å². The van der Waals surface area contributed by atoms with Crippen molar-refractivity contribution in [3.05, 3.63) is 53.3 Å². The van der Waals surface area contributed by atoms with Gasteiger partial charge in [0.15, 0.2) is 11.5 Å². The molecule has 19 heavy (non-hydrogen) atoms. The van der Waals surface area contributed by atoms with E-state index in [1.165, 1.54) is 11.1 Å². The molecule has 1 aromatic carbocycles. The first-order chi connectivity index (χ1) is 9.42. The van der Waals surface area contributed by atoms with Crippen LogP contribution in [0.2, 0.25) is 0 Å². The van der Waals surface area contributed by atoms with E-state index in [1.54, 1.807) is 0 Å². The number of nitrogens with zero attached hydrogens (tertiary/aromatic N) is 1. The number of fused-ring (bicyclic) bond motifs is 2. The van der Waals surface area contributed by atoms with Crippen molar-refractivity contribution < 1.29 is 9.47 Å². The van der Waals surface area contributed by atoms with Crippen LogP contribution in [0.25, 0.3) is 0 Å². The molecular weight excluding hydrogens is 240 g/mol. The third kappa shape index (κ3) is 1.76. The fourth-order valence-corrected chi connectivity index (χ4v) is 2.76. The van der Waals surface area contributed by atoms with E-state index in [-0.39, 0.29) is 6.04 Å². The Morgan fingerprint density at radius 1 is 1.16 bits per heavy atom. The zero-order valence-electron chi connectivity index (χ0n) is 10.4. The number of nitrogens with one attached hydrogen (secondary N) is 1. The van der Waals surface area contributed by atoms with Gasteiger partial charge in [-0.05, 0) is 41.8 Å². The van der Waals surface area contributed by atoms with Crippen molar-refractivity contribution in [2.75, 3.05) is 13.3 Å². The summed E-state index contributed by atoms with van der Waals surface area (Å²) in [4.78, 5) is 4.46. The van der Waals surface area contributed by atoms with Crippen LogP contribution in [0.1, 0.15) is 22.9 Å². The first-order valence-corrected chi connectivity index (χ1v) is 6.48. The summed E-state index contributed by atoms with van der Waals surface area (Å²) in [5, 5.41) is 3.52. The topological polar surface area (TPSA) is 43.4 Å². The third-order valence-corrected chi connectivity index (χ3v) is 3.67. The molecule has 1 aromatic heterocycles. The maximum absolute atomic E-state index is 5.48. The summed E-state index contributed by atoms with van der Waals surface area (Å²) >= 11 is 0.